The van der Waals surface area contributed by atoms with Gasteiger partial charge in [-0.25, -0.2) is 0 Å². The van der Waals surface area contributed by atoms with Gasteiger partial charge in [-0.3, -0.25) is 0 Å². The van der Waals surface area contributed by atoms with Crippen LogP contribution in [-0.4, -0.2) is 6.04 Å². The summed E-state index contributed by atoms with van der Waals surface area (Å²) >= 11 is 5.35. The van der Waals surface area contributed by atoms with Gasteiger partial charge in [0.25, 0.3) is 0 Å². The van der Waals surface area contributed by atoms with Crippen LogP contribution < -0.4 is 5.32 Å². The van der Waals surface area contributed by atoms with Crippen LogP contribution in [0.3, 0.4) is 0 Å². The second kappa shape index (κ2) is 4.92. The highest BCUT2D eigenvalue weighted by Gasteiger charge is 2.19. The lowest BCUT2D eigenvalue weighted by molar-refractivity contribution is 0.688. The molecule has 17 heavy (non-hydrogen) atoms. The Labute approximate surface area is 114 Å². The molecule has 1 aliphatic carbocycles. The third-order valence-electron chi connectivity index (χ3n) is 3.01. The molecule has 0 saturated heterocycles. The lowest BCUT2D eigenvalue weighted by Gasteiger charge is -2.04. The zero-order chi connectivity index (χ0) is 11.7. The van der Waals surface area contributed by atoms with Gasteiger partial charge in [-0.1, -0.05) is 24.3 Å². The Balaban J connectivity index is 1.72. The minimum atomic E-state index is 0.779. The predicted molar refractivity (Wildman–Crippen MR) is 77.3 cm³/mol. The molecule has 0 atom stereocenters. The van der Waals surface area contributed by atoms with E-state index >= 15 is 0 Å². The molecular weight excluding hydrogens is 294 g/mol. The fourth-order valence-electron chi connectivity index (χ4n) is 1.82. The van der Waals surface area contributed by atoms with Crippen molar-refractivity contribution >= 4 is 27.3 Å². The van der Waals surface area contributed by atoms with E-state index in [0.29, 0.717) is 0 Å². The van der Waals surface area contributed by atoms with Gasteiger partial charge in [0, 0.05) is 21.9 Å². The van der Waals surface area contributed by atoms with Crippen LogP contribution in [0.25, 0.3) is 10.4 Å². The summed E-state index contributed by atoms with van der Waals surface area (Å²) in [5, 5.41) is 5.64. The second-order valence-electron chi connectivity index (χ2n) is 4.45. The SMILES string of the molecule is Brc1ccsc1-c1ccc(CNC2CC2)cc1. The van der Waals surface area contributed by atoms with Gasteiger partial charge in [0.05, 0.1) is 0 Å². The van der Waals surface area contributed by atoms with E-state index in [1.165, 1.54) is 33.3 Å². The maximum absolute atomic E-state index is 3.58. The van der Waals surface area contributed by atoms with Crippen LogP contribution in [0.5, 0.6) is 0 Å². The molecule has 0 spiro atoms. The van der Waals surface area contributed by atoms with E-state index in [-0.39, 0.29) is 0 Å². The van der Waals surface area contributed by atoms with Crippen LogP contribution in [0.4, 0.5) is 0 Å². The van der Waals surface area contributed by atoms with E-state index < -0.39 is 0 Å². The number of halogens is 1. The number of hydrogen-bond donors (Lipinski definition) is 1. The maximum Gasteiger partial charge on any atom is 0.0484 e. The molecule has 88 valence electrons. The predicted octanol–water partition coefficient (Wildman–Crippen LogP) is 4.43. The Morgan fingerprint density at radius 1 is 1.18 bits per heavy atom. The Hall–Kier alpha value is -0.640. The summed E-state index contributed by atoms with van der Waals surface area (Å²) in [6.07, 6.45) is 2.69. The standard InChI is InChI=1S/C14H14BrNS/c15-13-7-8-17-14(13)11-3-1-10(2-4-11)9-16-12-5-6-12/h1-4,7-8,12,16H,5-6,9H2. The van der Waals surface area contributed by atoms with Crippen LogP contribution in [0.15, 0.2) is 40.2 Å². The minimum Gasteiger partial charge on any atom is -0.310 e. The van der Waals surface area contributed by atoms with Crippen molar-refractivity contribution in [2.24, 2.45) is 0 Å². The first-order valence-electron chi connectivity index (χ1n) is 5.88. The van der Waals surface area contributed by atoms with Gasteiger partial charge in [-0.2, -0.15) is 0 Å². The first-order chi connectivity index (χ1) is 8.33. The smallest absolute Gasteiger partial charge is 0.0484 e. The minimum absolute atomic E-state index is 0.779. The monoisotopic (exact) mass is 307 g/mol. The van der Waals surface area contributed by atoms with Crippen LogP contribution in [-0.2, 0) is 6.54 Å². The zero-order valence-electron chi connectivity index (χ0n) is 9.45. The Morgan fingerprint density at radius 3 is 2.53 bits per heavy atom. The van der Waals surface area contributed by atoms with Gasteiger partial charge in [-0.15, -0.1) is 11.3 Å². The molecule has 0 bridgehead atoms. The quantitative estimate of drug-likeness (QED) is 0.881. The van der Waals surface area contributed by atoms with E-state index in [0.717, 1.165) is 12.6 Å². The van der Waals surface area contributed by atoms with E-state index in [1.807, 2.05) is 0 Å². The van der Waals surface area contributed by atoms with E-state index in [4.69, 9.17) is 0 Å². The van der Waals surface area contributed by atoms with Crippen molar-refractivity contribution in [3.63, 3.8) is 0 Å². The molecule has 0 radical (unpaired) electrons. The summed E-state index contributed by atoms with van der Waals surface area (Å²) in [5.41, 5.74) is 2.66. The molecule has 1 heterocycles. The van der Waals surface area contributed by atoms with Gasteiger partial charge < -0.3 is 5.32 Å². The van der Waals surface area contributed by atoms with Crippen molar-refractivity contribution in [1.29, 1.82) is 0 Å². The summed E-state index contributed by atoms with van der Waals surface area (Å²) in [6.45, 7) is 0.997. The number of hydrogen-bond acceptors (Lipinski definition) is 2. The fraction of sp³-hybridized carbons (Fsp3) is 0.286. The number of thiophene rings is 1. The van der Waals surface area contributed by atoms with E-state index in [1.54, 1.807) is 11.3 Å². The largest absolute Gasteiger partial charge is 0.310 e. The molecule has 1 saturated carbocycles. The molecular formula is C14H14BrNS. The molecule has 1 aromatic heterocycles. The third-order valence-corrected chi connectivity index (χ3v) is 4.89. The molecule has 1 N–H and O–H groups in total. The van der Waals surface area contributed by atoms with Crippen molar-refractivity contribution in [3.05, 3.63) is 45.7 Å². The van der Waals surface area contributed by atoms with Gasteiger partial charge in [-0.05, 0) is 51.3 Å². The summed E-state index contributed by atoms with van der Waals surface area (Å²) < 4.78 is 1.19. The van der Waals surface area contributed by atoms with Crippen molar-refractivity contribution in [1.82, 2.24) is 5.32 Å². The molecule has 1 nitrogen and oxygen atoms in total. The number of benzene rings is 1. The van der Waals surface area contributed by atoms with E-state index in [2.05, 4.69) is 57.0 Å². The van der Waals surface area contributed by atoms with Crippen LogP contribution in [0.1, 0.15) is 18.4 Å². The lowest BCUT2D eigenvalue weighted by Crippen LogP contribution is -2.14. The van der Waals surface area contributed by atoms with Gasteiger partial charge in [0.15, 0.2) is 0 Å². The summed E-state index contributed by atoms with van der Waals surface area (Å²) in [5.74, 6) is 0. The second-order valence-corrected chi connectivity index (χ2v) is 6.22. The van der Waals surface area contributed by atoms with Crippen molar-refractivity contribution < 1.29 is 0 Å². The molecule has 1 fully saturated rings. The fourth-order valence-corrected chi connectivity index (χ4v) is 3.43. The average molecular weight is 308 g/mol. The molecule has 1 aliphatic rings. The van der Waals surface area contributed by atoms with Gasteiger partial charge in [0.2, 0.25) is 0 Å². The summed E-state index contributed by atoms with van der Waals surface area (Å²) in [4.78, 5) is 1.31. The Kier molecular flexibility index (Phi) is 3.32. The maximum atomic E-state index is 3.58. The summed E-state index contributed by atoms with van der Waals surface area (Å²) in [7, 11) is 0. The highest BCUT2D eigenvalue weighted by Crippen LogP contribution is 2.33. The number of rotatable bonds is 4. The van der Waals surface area contributed by atoms with Crippen LogP contribution in [0.2, 0.25) is 0 Å². The van der Waals surface area contributed by atoms with E-state index in [9.17, 15) is 0 Å². The molecule has 1 aromatic carbocycles. The lowest BCUT2D eigenvalue weighted by atomic mass is 10.1. The highest BCUT2D eigenvalue weighted by atomic mass is 79.9. The first kappa shape index (κ1) is 11.5. The average Bonchev–Trinajstić information content (AvgIpc) is 3.09. The Morgan fingerprint density at radius 2 is 1.94 bits per heavy atom. The first-order valence-corrected chi connectivity index (χ1v) is 7.56. The topological polar surface area (TPSA) is 12.0 Å². The molecule has 0 amide bonds. The molecule has 0 aliphatic heterocycles. The zero-order valence-corrected chi connectivity index (χ0v) is 11.9. The Bertz CT molecular complexity index is 499. The summed E-state index contributed by atoms with van der Waals surface area (Å²) in [6, 6.07) is 11.7. The van der Waals surface area contributed by atoms with Crippen molar-refractivity contribution in [3.8, 4) is 10.4 Å². The third kappa shape index (κ3) is 2.79. The molecule has 3 rings (SSSR count). The van der Waals surface area contributed by atoms with Crippen LogP contribution in [0, 0.1) is 0 Å². The van der Waals surface area contributed by atoms with Gasteiger partial charge in [0.1, 0.15) is 0 Å². The molecule has 0 unspecified atom stereocenters. The van der Waals surface area contributed by atoms with Crippen molar-refractivity contribution in [2.75, 3.05) is 0 Å². The van der Waals surface area contributed by atoms with Gasteiger partial charge >= 0.3 is 0 Å². The van der Waals surface area contributed by atoms with Crippen molar-refractivity contribution in [2.45, 2.75) is 25.4 Å². The highest BCUT2D eigenvalue weighted by molar-refractivity contribution is 9.10. The molecule has 3 heteroatoms. The molecule has 2 aromatic rings. The van der Waals surface area contributed by atoms with Crippen LogP contribution >= 0.6 is 27.3 Å². The normalized spacial score (nSPS) is 15.1. The number of nitrogens with one attached hydrogen (secondary N) is 1.